The van der Waals surface area contributed by atoms with Crippen molar-refractivity contribution in [3.8, 4) is 5.75 Å². The number of benzene rings is 1. The van der Waals surface area contributed by atoms with E-state index in [0.717, 1.165) is 18.7 Å². The Balaban J connectivity index is 2.13. The Kier molecular flexibility index (Phi) is 3.71. The van der Waals surface area contributed by atoms with E-state index in [1.54, 1.807) is 7.11 Å². The van der Waals surface area contributed by atoms with E-state index in [1.165, 1.54) is 5.56 Å². The molecular weight excluding hydrogens is 226 g/mol. The van der Waals surface area contributed by atoms with Gasteiger partial charge in [-0.15, -0.1) is 0 Å². The fraction of sp³-hybridized carbons (Fsp3) is 0.533. The summed E-state index contributed by atoms with van der Waals surface area (Å²) in [5.74, 6) is 1.21. The third kappa shape index (κ3) is 2.91. The second-order valence-electron chi connectivity index (χ2n) is 5.56. The normalized spacial score (nSPS) is 19.8. The van der Waals surface area contributed by atoms with Gasteiger partial charge in [0.15, 0.2) is 0 Å². The van der Waals surface area contributed by atoms with Crippen molar-refractivity contribution in [1.82, 2.24) is 4.90 Å². The number of nitrogens with zero attached hydrogens (tertiary/aromatic N) is 1. The standard InChI is InChI=1S/C15H21NO2/c1-15(2)8-7-13(17)11-16(15)10-12-5-4-6-14(9-12)18-3/h4-6,9H,7-8,10-11H2,1-3H3. The Morgan fingerprint density at radius 2 is 2.17 bits per heavy atom. The maximum absolute atomic E-state index is 11.6. The van der Waals surface area contributed by atoms with Crippen molar-refractivity contribution in [3.05, 3.63) is 29.8 Å². The predicted octanol–water partition coefficient (Wildman–Crippen LogP) is 2.64. The number of hydrogen-bond donors (Lipinski definition) is 0. The summed E-state index contributed by atoms with van der Waals surface area (Å²) in [7, 11) is 1.67. The van der Waals surface area contributed by atoms with E-state index in [1.807, 2.05) is 18.2 Å². The van der Waals surface area contributed by atoms with Crippen LogP contribution in [0.4, 0.5) is 0 Å². The van der Waals surface area contributed by atoms with Crippen LogP contribution in [-0.4, -0.2) is 29.9 Å². The van der Waals surface area contributed by atoms with E-state index in [-0.39, 0.29) is 5.54 Å². The predicted molar refractivity (Wildman–Crippen MR) is 71.7 cm³/mol. The number of hydrogen-bond acceptors (Lipinski definition) is 3. The lowest BCUT2D eigenvalue weighted by Crippen LogP contribution is -2.50. The van der Waals surface area contributed by atoms with E-state index in [0.29, 0.717) is 18.7 Å². The lowest BCUT2D eigenvalue weighted by Gasteiger charge is -2.41. The number of ketones is 1. The third-order valence-electron chi connectivity index (χ3n) is 3.75. The molecule has 0 N–H and O–H groups in total. The zero-order valence-corrected chi connectivity index (χ0v) is 11.4. The fourth-order valence-electron chi connectivity index (χ4n) is 2.37. The summed E-state index contributed by atoms with van der Waals surface area (Å²) in [5, 5.41) is 0. The van der Waals surface area contributed by atoms with Crippen LogP contribution >= 0.6 is 0 Å². The topological polar surface area (TPSA) is 29.5 Å². The quantitative estimate of drug-likeness (QED) is 0.822. The fourth-order valence-corrected chi connectivity index (χ4v) is 2.37. The first-order valence-electron chi connectivity index (χ1n) is 6.41. The number of Topliss-reactive ketones (excluding diaryl/α,β-unsaturated/α-hetero) is 1. The maximum atomic E-state index is 11.6. The van der Waals surface area contributed by atoms with E-state index in [2.05, 4.69) is 24.8 Å². The van der Waals surface area contributed by atoms with Crippen molar-refractivity contribution in [2.24, 2.45) is 0 Å². The molecule has 0 bridgehead atoms. The third-order valence-corrected chi connectivity index (χ3v) is 3.75. The van der Waals surface area contributed by atoms with Gasteiger partial charge in [-0.05, 0) is 38.0 Å². The SMILES string of the molecule is COc1cccc(CN2CC(=O)CCC2(C)C)c1. The molecule has 1 aromatic rings. The number of carbonyl (C=O) groups excluding carboxylic acids is 1. The summed E-state index contributed by atoms with van der Waals surface area (Å²) in [6.07, 6.45) is 1.65. The largest absolute Gasteiger partial charge is 0.497 e. The first-order valence-corrected chi connectivity index (χ1v) is 6.41. The molecule has 0 aromatic heterocycles. The van der Waals surface area contributed by atoms with E-state index in [4.69, 9.17) is 4.74 Å². The molecule has 0 radical (unpaired) electrons. The molecule has 1 aliphatic heterocycles. The Hall–Kier alpha value is -1.35. The number of likely N-dealkylation sites (tertiary alicyclic amines) is 1. The highest BCUT2D eigenvalue weighted by molar-refractivity contribution is 5.81. The average Bonchev–Trinajstić information content (AvgIpc) is 2.35. The van der Waals surface area contributed by atoms with Crippen molar-refractivity contribution in [3.63, 3.8) is 0 Å². The highest BCUT2D eigenvalue weighted by atomic mass is 16.5. The van der Waals surface area contributed by atoms with Crippen molar-refractivity contribution in [2.45, 2.75) is 38.8 Å². The minimum Gasteiger partial charge on any atom is -0.497 e. The van der Waals surface area contributed by atoms with Crippen LogP contribution in [0.25, 0.3) is 0 Å². The highest BCUT2D eigenvalue weighted by Gasteiger charge is 2.32. The van der Waals surface area contributed by atoms with Crippen LogP contribution in [0.15, 0.2) is 24.3 Å². The van der Waals surface area contributed by atoms with Crippen LogP contribution in [0, 0.1) is 0 Å². The van der Waals surface area contributed by atoms with Gasteiger partial charge in [0, 0.05) is 18.5 Å². The van der Waals surface area contributed by atoms with Gasteiger partial charge < -0.3 is 4.74 Å². The van der Waals surface area contributed by atoms with Crippen LogP contribution in [0.1, 0.15) is 32.3 Å². The summed E-state index contributed by atoms with van der Waals surface area (Å²) in [5.41, 5.74) is 1.29. The van der Waals surface area contributed by atoms with Gasteiger partial charge in [0.25, 0.3) is 0 Å². The average molecular weight is 247 g/mol. The van der Waals surface area contributed by atoms with Crippen LogP contribution in [-0.2, 0) is 11.3 Å². The summed E-state index contributed by atoms with van der Waals surface area (Å²) < 4.78 is 5.23. The monoisotopic (exact) mass is 247 g/mol. The molecule has 2 rings (SSSR count). The maximum Gasteiger partial charge on any atom is 0.146 e. The van der Waals surface area contributed by atoms with Crippen molar-refractivity contribution < 1.29 is 9.53 Å². The van der Waals surface area contributed by atoms with E-state index < -0.39 is 0 Å². The molecule has 0 unspecified atom stereocenters. The Morgan fingerprint density at radius 3 is 2.89 bits per heavy atom. The molecule has 0 aliphatic carbocycles. The van der Waals surface area contributed by atoms with Crippen molar-refractivity contribution in [2.75, 3.05) is 13.7 Å². The van der Waals surface area contributed by atoms with Crippen molar-refractivity contribution in [1.29, 1.82) is 0 Å². The molecule has 3 heteroatoms. The summed E-state index contributed by atoms with van der Waals surface area (Å²) in [6, 6.07) is 8.05. The van der Waals surface area contributed by atoms with Gasteiger partial charge in [-0.2, -0.15) is 0 Å². The number of piperidine rings is 1. The minimum atomic E-state index is 0.0942. The van der Waals surface area contributed by atoms with Gasteiger partial charge in [-0.3, -0.25) is 9.69 Å². The van der Waals surface area contributed by atoms with Crippen LogP contribution in [0.5, 0.6) is 5.75 Å². The van der Waals surface area contributed by atoms with E-state index >= 15 is 0 Å². The first-order chi connectivity index (χ1) is 8.51. The lowest BCUT2D eigenvalue weighted by molar-refractivity contribution is -0.126. The molecule has 0 amide bonds. The molecule has 0 atom stereocenters. The van der Waals surface area contributed by atoms with Gasteiger partial charge in [-0.1, -0.05) is 12.1 Å². The number of carbonyl (C=O) groups is 1. The van der Waals surface area contributed by atoms with Gasteiger partial charge in [0.1, 0.15) is 11.5 Å². The number of methoxy groups -OCH3 is 1. The summed E-state index contributed by atoms with van der Waals surface area (Å²) in [6.45, 7) is 5.78. The zero-order chi connectivity index (χ0) is 13.2. The highest BCUT2D eigenvalue weighted by Crippen LogP contribution is 2.28. The Morgan fingerprint density at radius 1 is 1.39 bits per heavy atom. The Labute approximate surface area is 109 Å². The molecule has 98 valence electrons. The second-order valence-corrected chi connectivity index (χ2v) is 5.56. The second kappa shape index (κ2) is 5.11. The van der Waals surface area contributed by atoms with Crippen LogP contribution < -0.4 is 4.74 Å². The molecule has 1 aromatic carbocycles. The smallest absolute Gasteiger partial charge is 0.146 e. The molecule has 18 heavy (non-hydrogen) atoms. The molecule has 0 saturated carbocycles. The lowest BCUT2D eigenvalue weighted by atomic mass is 9.89. The summed E-state index contributed by atoms with van der Waals surface area (Å²) in [4.78, 5) is 13.9. The van der Waals surface area contributed by atoms with Gasteiger partial charge in [-0.25, -0.2) is 0 Å². The molecule has 1 heterocycles. The molecule has 1 fully saturated rings. The van der Waals surface area contributed by atoms with Gasteiger partial charge in [0.2, 0.25) is 0 Å². The molecular formula is C15H21NO2. The van der Waals surface area contributed by atoms with Gasteiger partial charge in [0.05, 0.1) is 13.7 Å². The molecule has 0 spiro atoms. The van der Waals surface area contributed by atoms with Crippen molar-refractivity contribution >= 4 is 5.78 Å². The zero-order valence-electron chi connectivity index (χ0n) is 11.4. The molecule has 3 nitrogen and oxygen atoms in total. The first kappa shape index (κ1) is 13.1. The van der Waals surface area contributed by atoms with E-state index in [9.17, 15) is 4.79 Å². The number of rotatable bonds is 3. The number of ether oxygens (including phenoxy) is 1. The Bertz CT molecular complexity index is 440. The minimum absolute atomic E-state index is 0.0942. The van der Waals surface area contributed by atoms with Crippen LogP contribution in [0.3, 0.4) is 0 Å². The molecule has 1 saturated heterocycles. The molecule has 1 aliphatic rings. The van der Waals surface area contributed by atoms with Gasteiger partial charge >= 0.3 is 0 Å². The summed E-state index contributed by atoms with van der Waals surface area (Å²) >= 11 is 0. The van der Waals surface area contributed by atoms with Crippen LogP contribution in [0.2, 0.25) is 0 Å².